The lowest BCUT2D eigenvalue weighted by Gasteiger charge is -2.23. The number of benzene rings is 4. The number of hydrogen-bond acceptors (Lipinski definition) is 27. The van der Waals surface area contributed by atoms with E-state index in [-0.39, 0.29) is 102 Å². The number of sulfonamides is 1. The van der Waals surface area contributed by atoms with Crippen molar-refractivity contribution >= 4 is 68.0 Å². The van der Waals surface area contributed by atoms with Crippen LogP contribution in [0.25, 0.3) is 33.4 Å². The van der Waals surface area contributed by atoms with E-state index in [9.17, 15) is 47.8 Å². The summed E-state index contributed by atoms with van der Waals surface area (Å²) in [4.78, 5) is 28.6. The maximum atomic E-state index is 14.2. The summed E-state index contributed by atoms with van der Waals surface area (Å²) >= 11 is 0. The van der Waals surface area contributed by atoms with Gasteiger partial charge in [-0.25, -0.2) is 43.0 Å². The fraction of sp³-hybridized carbons (Fsp3) is 0.620. The van der Waals surface area contributed by atoms with Gasteiger partial charge in [-0.1, -0.05) is 30.3 Å². The highest BCUT2D eigenvalue weighted by molar-refractivity contribution is 7.92. The van der Waals surface area contributed by atoms with Crippen molar-refractivity contribution in [3.05, 3.63) is 95.3 Å². The molecule has 0 unspecified atom stereocenters. The van der Waals surface area contributed by atoms with E-state index >= 15 is 0 Å². The molecule has 586 valence electrons. The van der Waals surface area contributed by atoms with Gasteiger partial charge in [0.2, 0.25) is 15.4 Å². The minimum atomic E-state index is -5.33. The number of methoxy groups -OCH3 is 2. The fourth-order valence-electron chi connectivity index (χ4n) is 10.6. The first-order chi connectivity index (χ1) is 50.1. The molecule has 0 saturated heterocycles. The summed E-state index contributed by atoms with van der Waals surface area (Å²) < 4.78 is 208. The number of nitrogens with one attached hydrogen (secondary N) is 1. The minimum absolute atomic E-state index is 0.0284. The summed E-state index contributed by atoms with van der Waals surface area (Å²) in [6.07, 6.45) is -0.243. The maximum Gasteiger partial charge on any atom is 0.240 e. The standard InChI is InChI=1S/C71H107N3O26S4/c1-7-73(8-2)60-17-20-63-67(52-60)100-68-53-61(74(9-3)10-4)18-21-64(68)70(63)65-22-19-62(54-69(65)104(83,84)85)103(81,82)72-23-11-12-66(75)57-13-15-58(16-14-57)71(76)59(55-101(77,78)50-48-98-46-44-96-42-40-94-38-36-92-34-32-90-30-28-88-26-24-86-5)56-102(79,80)51-49-99-47-45-97-43-41-95-39-37-93-35-33-91-31-29-89-27-25-87-6/h13-22,52-54,59,72H,7-12,23-51,55-56H2,1-6H3. The van der Waals surface area contributed by atoms with Crippen LogP contribution in [0, 0.1) is 5.92 Å². The van der Waals surface area contributed by atoms with Crippen molar-refractivity contribution in [2.45, 2.75) is 50.3 Å². The highest BCUT2D eigenvalue weighted by Crippen LogP contribution is 2.43. The number of rotatable bonds is 62. The molecule has 1 aliphatic carbocycles. The van der Waals surface area contributed by atoms with Crippen LogP contribution in [0.5, 0.6) is 0 Å². The molecule has 0 fully saturated rings. The summed E-state index contributed by atoms with van der Waals surface area (Å²) in [6.45, 7) is 18.3. The normalized spacial score (nSPS) is 12.3. The molecular formula is C71H107N3O26S4. The molecule has 0 spiro atoms. The molecule has 29 nitrogen and oxygen atoms in total. The summed E-state index contributed by atoms with van der Waals surface area (Å²) in [5.41, 5.74) is 2.14. The van der Waals surface area contributed by atoms with E-state index in [0.717, 1.165) is 17.1 Å². The highest BCUT2D eigenvalue weighted by atomic mass is 32.2. The largest absolute Gasteiger partial charge is 0.744 e. The Balaban J connectivity index is 1.15. The van der Waals surface area contributed by atoms with Gasteiger partial charge in [0.25, 0.3) is 0 Å². The van der Waals surface area contributed by atoms with Gasteiger partial charge in [-0.2, -0.15) is 0 Å². The van der Waals surface area contributed by atoms with Gasteiger partial charge in [0.1, 0.15) is 34.6 Å². The average Bonchev–Trinajstić information content (AvgIpc) is 0.739. The number of Topliss-reactive ketones (excluding diaryl/α,β-unsaturated/α-hetero) is 2. The molecule has 1 heterocycles. The molecule has 0 bridgehead atoms. The lowest BCUT2D eigenvalue weighted by molar-refractivity contribution is -0.0186. The van der Waals surface area contributed by atoms with Gasteiger partial charge in [0.15, 0.2) is 31.2 Å². The topological polar surface area (TPSA) is 354 Å². The van der Waals surface area contributed by atoms with E-state index in [1.165, 1.54) is 36.4 Å². The molecule has 2 aliphatic rings. The second-order valence-electron chi connectivity index (χ2n) is 23.4. The van der Waals surface area contributed by atoms with Crippen LogP contribution in [-0.4, -0.2) is 292 Å². The first kappa shape index (κ1) is 89.3. The number of ketones is 2. The van der Waals surface area contributed by atoms with Crippen LogP contribution < -0.4 is 19.6 Å². The van der Waals surface area contributed by atoms with E-state index in [1.807, 2.05) is 52.0 Å². The van der Waals surface area contributed by atoms with Crippen LogP contribution in [0.3, 0.4) is 0 Å². The number of ether oxygens (including phenoxy) is 14. The number of carbonyl (C=O) groups excluding carboxylic acids is 2. The van der Waals surface area contributed by atoms with Crippen molar-refractivity contribution < 1.29 is 119 Å². The number of carbonyl (C=O) groups is 2. The fourth-order valence-corrected chi connectivity index (χ4v) is 15.5. The summed E-state index contributed by atoms with van der Waals surface area (Å²) in [5.74, 6) is -5.16. The smallest absolute Gasteiger partial charge is 0.240 e. The second-order valence-corrected chi connectivity index (χ2v) is 31.0. The van der Waals surface area contributed by atoms with Crippen molar-refractivity contribution in [1.29, 1.82) is 0 Å². The van der Waals surface area contributed by atoms with Crippen molar-refractivity contribution in [3.8, 4) is 22.5 Å². The van der Waals surface area contributed by atoms with Crippen LogP contribution in [0.4, 0.5) is 5.69 Å². The Morgan fingerprint density at radius 3 is 1.32 bits per heavy atom. The first-order valence-corrected chi connectivity index (χ1v) is 41.6. The van der Waals surface area contributed by atoms with E-state index in [2.05, 4.69) is 14.2 Å². The van der Waals surface area contributed by atoms with E-state index in [0.29, 0.717) is 160 Å². The Labute approximate surface area is 613 Å². The van der Waals surface area contributed by atoms with Crippen LogP contribution >= 0.6 is 0 Å². The summed E-state index contributed by atoms with van der Waals surface area (Å²) in [5, 5.41) is 1.34. The van der Waals surface area contributed by atoms with Crippen LogP contribution in [0.1, 0.15) is 61.3 Å². The molecule has 3 aromatic rings. The molecule has 0 atom stereocenters. The summed E-state index contributed by atoms with van der Waals surface area (Å²) in [7, 11) is -14.9. The minimum Gasteiger partial charge on any atom is -0.744 e. The zero-order valence-electron chi connectivity index (χ0n) is 60.9. The third kappa shape index (κ3) is 33.0. The third-order valence-electron chi connectivity index (χ3n) is 16.1. The van der Waals surface area contributed by atoms with Gasteiger partial charge in [-0.15, -0.1) is 0 Å². The van der Waals surface area contributed by atoms with Gasteiger partial charge >= 0.3 is 0 Å². The van der Waals surface area contributed by atoms with Crippen LogP contribution in [0.2, 0.25) is 0 Å². The summed E-state index contributed by atoms with van der Waals surface area (Å²) in [6, 6.07) is 19.6. The van der Waals surface area contributed by atoms with Crippen molar-refractivity contribution in [2.75, 3.05) is 247 Å². The van der Waals surface area contributed by atoms with Gasteiger partial charge in [0, 0.05) is 91.3 Å². The van der Waals surface area contributed by atoms with Gasteiger partial charge < -0.3 is 80.2 Å². The monoisotopic (exact) mass is 1550 g/mol. The Hall–Kier alpha value is -5.35. The third-order valence-corrected chi connectivity index (χ3v) is 21.8. The second kappa shape index (κ2) is 49.6. The van der Waals surface area contributed by atoms with Crippen LogP contribution in [0.15, 0.2) is 93.1 Å². The number of sulfone groups is 2. The van der Waals surface area contributed by atoms with Crippen molar-refractivity contribution in [1.82, 2.24) is 9.30 Å². The zero-order valence-corrected chi connectivity index (χ0v) is 64.2. The Morgan fingerprint density at radius 2 is 0.904 bits per heavy atom. The van der Waals surface area contributed by atoms with Crippen molar-refractivity contribution in [2.24, 2.45) is 5.92 Å². The molecule has 3 aromatic carbocycles. The molecule has 104 heavy (non-hydrogen) atoms. The molecular weight excluding hydrogens is 1440 g/mol. The number of nitrogens with zero attached hydrogens (tertiary/aromatic N) is 2. The van der Waals surface area contributed by atoms with Crippen LogP contribution in [-0.2, 0) is 106 Å². The average molecular weight is 1550 g/mol. The van der Waals surface area contributed by atoms with Gasteiger partial charge in [0.05, 0.1) is 217 Å². The predicted octanol–water partition coefficient (Wildman–Crippen LogP) is 4.83. The maximum absolute atomic E-state index is 14.2. The number of fused-ring (bicyclic) bond motifs is 2. The molecule has 0 radical (unpaired) electrons. The predicted molar refractivity (Wildman–Crippen MR) is 390 cm³/mol. The highest BCUT2D eigenvalue weighted by Gasteiger charge is 2.32. The lowest BCUT2D eigenvalue weighted by atomic mass is 9.93. The molecule has 1 N–H and O–H groups in total. The van der Waals surface area contributed by atoms with Gasteiger partial charge in [-0.3, -0.25) is 9.59 Å². The SMILES string of the molecule is CCN(CC)c1ccc2c(-c3ccc(S(=O)(=O)NCCCC(=O)c4ccc(C(=O)C(CS(=O)(=O)CCOCCOCCOCCOCCOCCOCCOC)CS(=O)(=O)CCOCCOCCOCCOCCOCCOCCOC)cc4)cc3S(=O)(=O)[O-])c3ccc(=[N+](CC)CC)cc-3oc2c1. The molecule has 0 saturated carbocycles. The van der Waals surface area contributed by atoms with E-state index in [1.54, 1.807) is 26.4 Å². The lowest BCUT2D eigenvalue weighted by Crippen LogP contribution is -2.34. The van der Waals surface area contributed by atoms with Crippen molar-refractivity contribution in [3.63, 3.8) is 0 Å². The number of hydrogen-bond donors (Lipinski definition) is 1. The van der Waals surface area contributed by atoms with E-state index in [4.69, 9.17) is 70.7 Å². The first-order valence-electron chi connectivity index (χ1n) is 35.0. The van der Waals surface area contributed by atoms with Gasteiger partial charge in [-0.05, 0) is 64.4 Å². The molecule has 33 heteroatoms. The molecule has 0 amide bonds. The Kier molecular flexibility index (Phi) is 42.6. The molecule has 1 aliphatic heterocycles. The quantitative estimate of drug-likeness (QED) is 0.0179. The molecule has 0 aromatic heterocycles. The molecule has 5 rings (SSSR count). The Morgan fingerprint density at radius 1 is 0.490 bits per heavy atom. The zero-order chi connectivity index (χ0) is 75.5. The van der Waals surface area contributed by atoms with E-state index < -0.39 is 90.1 Å². The number of anilines is 1. The Bertz CT molecular complexity index is 3740.